The average molecular weight is 224 g/mol. The monoisotopic (exact) mass is 224 g/mol. The van der Waals surface area contributed by atoms with Crippen LogP contribution in [0.5, 0.6) is 5.75 Å². The van der Waals surface area contributed by atoms with Gasteiger partial charge in [0.1, 0.15) is 5.75 Å². The summed E-state index contributed by atoms with van der Waals surface area (Å²) >= 11 is 0. The third-order valence-corrected chi connectivity index (χ3v) is 3.63. The Morgan fingerprint density at radius 1 is 1.00 bits per heavy atom. The standard InChI is InChI=1S/C16H16O/c1-11-9-16(11)13-7-5-12(6-8-13)14-3-2-4-15(17)10-14/h2-8,10-11,16-17H,9H2,1H3. The molecule has 0 spiro atoms. The van der Waals surface area contributed by atoms with Crippen LogP contribution in [0.25, 0.3) is 11.1 Å². The first-order chi connectivity index (χ1) is 8.24. The summed E-state index contributed by atoms with van der Waals surface area (Å²) in [4.78, 5) is 0. The lowest BCUT2D eigenvalue weighted by atomic mass is 10.0. The maximum atomic E-state index is 9.46. The van der Waals surface area contributed by atoms with Crippen LogP contribution in [0.2, 0.25) is 0 Å². The van der Waals surface area contributed by atoms with Crippen molar-refractivity contribution in [2.75, 3.05) is 0 Å². The Kier molecular flexibility index (Phi) is 2.40. The minimum absolute atomic E-state index is 0.322. The van der Waals surface area contributed by atoms with Gasteiger partial charge in [0.25, 0.3) is 0 Å². The molecule has 2 aromatic rings. The van der Waals surface area contributed by atoms with Crippen LogP contribution in [0, 0.1) is 5.92 Å². The summed E-state index contributed by atoms with van der Waals surface area (Å²) in [5.41, 5.74) is 3.68. The highest BCUT2D eigenvalue weighted by Crippen LogP contribution is 2.47. The lowest BCUT2D eigenvalue weighted by molar-refractivity contribution is 0.475. The molecule has 86 valence electrons. The highest BCUT2D eigenvalue weighted by Gasteiger charge is 2.33. The number of phenolic OH excluding ortho intramolecular Hbond substituents is 1. The summed E-state index contributed by atoms with van der Waals surface area (Å²) in [5, 5.41) is 9.46. The van der Waals surface area contributed by atoms with Gasteiger partial charge in [-0.25, -0.2) is 0 Å². The largest absolute Gasteiger partial charge is 0.508 e. The van der Waals surface area contributed by atoms with Gasteiger partial charge in [-0.05, 0) is 47.1 Å². The number of hydrogen-bond acceptors (Lipinski definition) is 1. The molecule has 0 bridgehead atoms. The molecule has 0 heterocycles. The third-order valence-electron chi connectivity index (χ3n) is 3.63. The van der Waals surface area contributed by atoms with E-state index >= 15 is 0 Å². The van der Waals surface area contributed by atoms with Gasteiger partial charge in [-0.2, -0.15) is 0 Å². The van der Waals surface area contributed by atoms with Gasteiger partial charge in [0.05, 0.1) is 0 Å². The maximum Gasteiger partial charge on any atom is 0.116 e. The van der Waals surface area contributed by atoms with Crippen molar-refractivity contribution in [1.82, 2.24) is 0 Å². The van der Waals surface area contributed by atoms with E-state index in [0.29, 0.717) is 5.75 Å². The quantitative estimate of drug-likeness (QED) is 0.811. The van der Waals surface area contributed by atoms with Crippen molar-refractivity contribution in [3.05, 3.63) is 54.1 Å². The molecule has 1 saturated carbocycles. The van der Waals surface area contributed by atoms with E-state index in [1.54, 1.807) is 12.1 Å². The van der Waals surface area contributed by atoms with E-state index in [9.17, 15) is 5.11 Å². The van der Waals surface area contributed by atoms with Gasteiger partial charge in [0, 0.05) is 0 Å². The summed E-state index contributed by atoms with van der Waals surface area (Å²) in [6, 6.07) is 16.1. The molecule has 0 aliphatic heterocycles. The Labute approximate surface area is 102 Å². The van der Waals surface area contributed by atoms with Crippen molar-refractivity contribution in [2.24, 2.45) is 5.92 Å². The molecule has 0 saturated heterocycles. The average Bonchev–Trinajstić information content (AvgIpc) is 3.07. The Morgan fingerprint density at radius 3 is 2.29 bits per heavy atom. The Bertz CT molecular complexity index is 527. The first-order valence-electron chi connectivity index (χ1n) is 6.13. The zero-order chi connectivity index (χ0) is 11.8. The smallest absolute Gasteiger partial charge is 0.116 e. The Morgan fingerprint density at radius 2 is 1.71 bits per heavy atom. The summed E-state index contributed by atoms with van der Waals surface area (Å²) in [5.74, 6) is 1.94. The van der Waals surface area contributed by atoms with E-state index in [1.165, 1.54) is 12.0 Å². The van der Waals surface area contributed by atoms with E-state index in [-0.39, 0.29) is 0 Å². The van der Waals surface area contributed by atoms with Gasteiger partial charge >= 0.3 is 0 Å². The Hall–Kier alpha value is -1.76. The molecule has 0 radical (unpaired) electrons. The molecule has 2 unspecified atom stereocenters. The number of aromatic hydroxyl groups is 1. The maximum absolute atomic E-state index is 9.46. The van der Waals surface area contributed by atoms with Gasteiger partial charge in [0.2, 0.25) is 0 Å². The van der Waals surface area contributed by atoms with Crippen LogP contribution < -0.4 is 0 Å². The second-order valence-corrected chi connectivity index (χ2v) is 4.99. The molecule has 0 amide bonds. The first-order valence-corrected chi connectivity index (χ1v) is 6.13. The fraction of sp³-hybridized carbons (Fsp3) is 0.250. The molecule has 1 aliphatic carbocycles. The van der Waals surface area contributed by atoms with E-state index in [2.05, 4.69) is 31.2 Å². The van der Waals surface area contributed by atoms with Crippen molar-refractivity contribution in [3.8, 4) is 16.9 Å². The summed E-state index contributed by atoms with van der Waals surface area (Å²) in [6.07, 6.45) is 1.32. The molecule has 0 aromatic heterocycles. The van der Waals surface area contributed by atoms with Crippen LogP contribution in [0.3, 0.4) is 0 Å². The van der Waals surface area contributed by atoms with Crippen molar-refractivity contribution < 1.29 is 5.11 Å². The van der Waals surface area contributed by atoms with E-state index < -0.39 is 0 Å². The minimum Gasteiger partial charge on any atom is -0.508 e. The van der Waals surface area contributed by atoms with Gasteiger partial charge in [-0.15, -0.1) is 0 Å². The molecular formula is C16H16O. The number of hydrogen-bond donors (Lipinski definition) is 1. The number of rotatable bonds is 2. The normalized spacial score (nSPS) is 22.4. The lowest BCUT2D eigenvalue weighted by Crippen LogP contribution is -1.82. The first kappa shape index (κ1) is 10.4. The zero-order valence-electron chi connectivity index (χ0n) is 9.93. The molecule has 2 aromatic carbocycles. The van der Waals surface area contributed by atoms with Gasteiger partial charge in [-0.3, -0.25) is 0 Å². The van der Waals surface area contributed by atoms with Crippen LogP contribution in [0.15, 0.2) is 48.5 Å². The van der Waals surface area contributed by atoms with Crippen LogP contribution in [0.4, 0.5) is 0 Å². The fourth-order valence-electron chi connectivity index (χ4n) is 2.39. The highest BCUT2D eigenvalue weighted by atomic mass is 16.3. The van der Waals surface area contributed by atoms with Crippen LogP contribution >= 0.6 is 0 Å². The summed E-state index contributed by atoms with van der Waals surface area (Å²) < 4.78 is 0. The third kappa shape index (κ3) is 2.05. The van der Waals surface area contributed by atoms with E-state index in [0.717, 1.165) is 23.0 Å². The van der Waals surface area contributed by atoms with E-state index in [4.69, 9.17) is 0 Å². The van der Waals surface area contributed by atoms with Crippen LogP contribution in [-0.4, -0.2) is 5.11 Å². The minimum atomic E-state index is 0.322. The van der Waals surface area contributed by atoms with Crippen molar-refractivity contribution in [2.45, 2.75) is 19.3 Å². The van der Waals surface area contributed by atoms with Gasteiger partial charge < -0.3 is 5.11 Å². The van der Waals surface area contributed by atoms with Crippen LogP contribution in [-0.2, 0) is 0 Å². The number of phenols is 1. The Balaban J connectivity index is 1.89. The molecule has 1 fully saturated rings. The molecular weight excluding hydrogens is 208 g/mol. The predicted octanol–water partition coefficient (Wildman–Crippen LogP) is 4.18. The zero-order valence-corrected chi connectivity index (χ0v) is 9.93. The lowest BCUT2D eigenvalue weighted by Gasteiger charge is -2.04. The molecule has 3 rings (SSSR count). The molecule has 1 heteroatoms. The topological polar surface area (TPSA) is 20.2 Å². The molecule has 1 nitrogen and oxygen atoms in total. The van der Waals surface area contributed by atoms with Crippen LogP contribution in [0.1, 0.15) is 24.8 Å². The fourth-order valence-corrected chi connectivity index (χ4v) is 2.39. The summed E-state index contributed by atoms with van der Waals surface area (Å²) in [7, 11) is 0. The molecule has 1 aliphatic rings. The molecule has 17 heavy (non-hydrogen) atoms. The van der Waals surface area contributed by atoms with Gasteiger partial charge in [-0.1, -0.05) is 43.3 Å². The SMILES string of the molecule is CC1CC1c1ccc(-c2cccc(O)c2)cc1. The second-order valence-electron chi connectivity index (χ2n) is 4.99. The highest BCUT2D eigenvalue weighted by molar-refractivity contribution is 5.65. The van der Waals surface area contributed by atoms with Gasteiger partial charge in [0.15, 0.2) is 0 Å². The number of benzene rings is 2. The van der Waals surface area contributed by atoms with Crippen molar-refractivity contribution >= 4 is 0 Å². The van der Waals surface area contributed by atoms with Crippen molar-refractivity contribution in [3.63, 3.8) is 0 Å². The van der Waals surface area contributed by atoms with Crippen molar-refractivity contribution in [1.29, 1.82) is 0 Å². The van der Waals surface area contributed by atoms with E-state index in [1.807, 2.05) is 12.1 Å². The molecule has 1 N–H and O–H groups in total. The summed E-state index contributed by atoms with van der Waals surface area (Å²) in [6.45, 7) is 2.30. The molecule has 2 atom stereocenters. The second kappa shape index (κ2) is 3.92. The predicted molar refractivity (Wildman–Crippen MR) is 70.1 cm³/mol.